The van der Waals surface area contributed by atoms with E-state index in [1.54, 1.807) is 6.07 Å². The normalized spacial score (nSPS) is 10.7. The average Bonchev–Trinajstić information content (AvgIpc) is 3.05. The maximum absolute atomic E-state index is 13.7. The fourth-order valence-corrected chi connectivity index (χ4v) is 3.32. The first-order valence-corrected chi connectivity index (χ1v) is 8.11. The van der Waals surface area contributed by atoms with Crippen LogP contribution in [0.3, 0.4) is 0 Å². The van der Waals surface area contributed by atoms with Gasteiger partial charge in [0.25, 0.3) is 5.69 Å². The van der Waals surface area contributed by atoms with E-state index < -0.39 is 22.6 Å². The van der Waals surface area contributed by atoms with Gasteiger partial charge in [-0.3, -0.25) is 14.9 Å². The Hall–Kier alpha value is -3.33. The van der Waals surface area contributed by atoms with E-state index in [1.807, 2.05) is 0 Å². The van der Waals surface area contributed by atoms with Gasteiger partial charge in [-0.25, -0.2) is 9.18 Å². The van der Waals surface area contributed by atoms with E-state index in [-0.39, 0.29) is 28.3 Å². The lowest BCUT2D eigenvalue weighted by Crippen LogP contribution is -2.12. The van der Waals surface area contributed by atoms with E-state index in [4.69, 9.17) is 10.5 Å². The average molecular weight is 374 g/mol. The molecule has 0 bridgehead atoms. The molecule has 0 unspecified atom stereocenters. The van der Waals surface area contributed by atoms with E-state index in [0.717, 1.165) is 17.4 Å². The van der Waals surface area contributed by atoms with E-state index in [0.29, 0.717) is 10.1 Å². The minimum atomic E-state index is -0.802. The molecule has 0 aliphatic rings. The van der Waals surface area contributed by atoms with Crippen LogP contribution in [0.5, 0.6) is 0 Å². The van der Waals surface area contributed by atoms with Crippen LogP contribution in [0.15, 0.2) is 42.5 Å². The maximum Gasteiger partial charge on any atom is 0.348 e. The van der Waals surface area contributed by atoms with Gasteiger partial charge in [-0.1, -0.05) is 6.07 Å². The van der Waals surface area contributed by atoms with E-state index in [1.165, 1.54) is 30.3 Å². The molecule has 3 aromatic rings. The van der Waals surface area contributed by atoms with Gasteiger partial charge in [0.2, 0.25) is 5.91 Å². The van der Waals surface area contributed by atoms with Crippen molar-refractivity contribution >= 4 is 39.0 Å². The summed E-state index contributed by atoms with van der Waals surface area (Å²) in [5, 5.41) is 11.4. The number of amides is 1. The molecule has 3 rings (SSSR count). The van der Waals surface area contributed by atoms with Crippen LogP contribution in [0, 0.1) is 15.9 Å². The predicted octanol–water partition coefficient (Wildman–Crippen LogP) is 3.40. The fourth-order valence-electron chi connectivity index (χ4n) is 2.35. The Morgan fingerprint density at radius 3 is 2.65 bits per heavy atom. The number of fused-ring (bicyclic) bond motifs is 1. The van der Waals surface area contributed by atoms with Crippen LogP contribution < -0.4 is 5.73 Å². The summed E-state index contributed by atoms with van der Waals surface area (Å²) in [6.45, 7) is -0.370. The second-order valence-corrected chi connectivity index (χ2v) is 6.39. The van der Waals surface area contributed by atoms with Crippen LogP contribution in [-0.2, 0) is 11.3 Å². The summed E-state index contributed by atoms with van der Waals surface area (Å²) in [6, 6.07) is 9.51. The van der Waals surface area contributed by atoms with Crippen molar-refractivity contribution in [3.05, 3.63) is 74.4 Å². The zero-order valence-corrected chi connectivity index (χ0v) is 13.9. The van der Waals surface area contributed by atoms with Gasteiger partial charge in [0.1, 0.15) is 17.3 Å². The molecule has 26 heavy (non-hydrogen) atoms. The molecule has 132 valence electrons. The van der Waals surface area contributed by atoms with E-state index in [9.17, 15) is 24.1 Å². The molecule has 0 aliphatic heterocycles. The highest BCUT2D eigenvalue weighted by Crippen LogP contribution is 2.29. The molecule has 0 spiro atoms. The number of nitrogens with two attached hydrogens (primary N) is 1. The number of rotatable bonds is 5. The van der Waals surface area contributed by atoms with Crippen LogP contribution in [0.25, 0.3) is 10.1 Å². The Morgan fingerprint density at radius 1 is 1.23 bits per heavy atom. The van der Waals surface area contributed by atoms with E-state index >= 15 is 0 Å². The molecule has 2 N–H and O–H groups in total. The molecule has 0 radical (unpaired) electrons. The first kappa shape index (κ1) is 17.5. The second-order valence-electron chi connectivity index (χ2n) is 5.30. The Labute approximate surface area is 150 Å². The molecule has 0 aliphatic carbocycles. The van der Waals surface area contributed by atoms with Crippen molar-refractivity contribution < 1.29 is 23.6 Å². The van der Waals surface area contributed by atoms with Gasteiger partial charge >= 0.3 is 5.97 Å². The minimum absolute atomic E-state index is 0.0215. The van der Waals surface area contributed by atoms with Gasteiger partial charge in [-0.05, 0) is 30.3 Å². The molecule has 0 saturated carbocycles. The molecule has 1 heterocycles. The lowest BCUT2D eigenvalue weighted by atomic mass is 10.1. The maximum atomic E-state index is 13.7. The second kappa shape index (κ2) is 6.89. The van der Waals surface area contributed by atoms with Gasteiger partial charge in [-0.15, -0.1) is 11.3 Å². The molecular formula is C17H11FN2O5S. The Kier molecular flexibility index (Phi) is 4.63. The van der Waals surface area contributed by atoms with Crippen molar-refractivity contribution in [2.75, 3.05) is 0 Å². The quantitative estimate of drug-likeness (QED) is 0.418. The predicted molar refractivity (Wildman–Crippen MR) is 92.5 cm³/mol. The highest BCUT2D eigenvalue weighted by molar-refractivity contribution is 7.20. The number of benzene rings is 2. The first-order chi connectivity index (χ1) is 12.4. The minimum Gasteiger partial charge on any atom is -0.456 e. The first-order valence-electron chi connectivity index (χ1n) is 7.29. The number of hydrogen-bond acceptors (Lipinski definition) is 6. The van der Waals surface area contributed by atoms with Crippen LogP contribution in [-0.4, -0.2) is 16.8 Å². The topological polar surface area (TPSA) is 113 Å². The van der Waals surface area contributed by atoms with Crippen LogP contribution in [0.1, 0.15) is 25.6 Å². The lowest BCUT2D eigenvalue weighted by molar-refractivity contribution is -0.385. The summed E-state index contributed by atoms with van der Waals surface area (Å²) in [5.74, 6) is -1.97. The zero-order chi connectivity index (χ0) is 18.8. The number of nitro groups is 1. The standard InChI is InChI=1S/C17H11FN2O5S/c18-12-2-1-3-14-11(12)7-15(26-14)17(22)25-8-10-5-4-9(16(19)21)6-13(10)20(23)24/h1-7H,8H2,(H2,19,21). The Bertz CT molecular complexity index is 1050. The van der Waals surface area contributed by atoms with E-state index in [2.05, 4.69) is 0 Å². The van der Waals surface area contributed by atoms with Crippen molar-refractivity contribution in [1.82, 2.24) is 0 Å². The number of esters is 1. The third-order valence-corrected chi connectivity index (χ3v) is 4.72. The van der Waals surface area contributed by atoms with Crippen molar-refractivity contribution in [3.8, 4) is 0 Å². The highest BCUT2D eigenvalue weighted by atomic mass is 32.1. The van der Waals surface area contributed by atoms with Crippen molar-refractivity contribution in [3.63, 3.8) is 0 Å². The van der Waals surface area contributed by atoms with Crippen molar-refractivity contribution in [2.45, 2.75) is 6.61 Å². The SMILES string of the molecule is NC(=O)c1ccc(COC(=O)c2cc3c(F)cccc3s2)c([N+](=O)[O-])c1. The van der Waals surface area contributed by atoms with Gasteiger partial charge < -0.3 is 10.5 Å². The smallest absolute Gasteiger partial charge is 0.348 e. The third kappa shape index (κ3) is 3.38. The van der Waals surface area contributed by atoms with Gasteiger partial charge in [0.15, 0.2) is 0 Å². The van der Waals surface area contributed by atoms with Crippen molar-refractivity contribution in [2.24, 2.45) is 5.73 Å². The Morgan fingerprint density at radius 2 is 2.00 bits per heavy atom. The number of primary amides is 1. The largest absolute Gasteiger partial charge is 0.456 e. The molecule has 0 fully saturated rings. The number of thiophene rings is 1. The summed E-state index contributed by atoms with van der Waals surface area (Å²) >= 11 is 1.06. The number of ether oxygens (including phenoxy) is 1. The molecule has 9 heteroatoms. The summed E-state index contributed by atoms with van der Waals surface area (Å²) in [4.78, 5) is 33.9. The zero-order valence-electron chi connectivity index (χ0n) is 13.1. The fraction of sp³-hybridized carbons (Fsp3) is 0.0588. The number of carbonyl (C=O) groups excluding carboxylic acids is 2. The van der Waals surface area contributed by atoms with Gasteiger partial charge in [0, 0.05) is 21.7 Å². The van der Waals surface area contributed by atoms with Crippen molar-refractivity contribution in [1.29, 1.82) is 0 Å². The molecule has 1 aromatic heterocycles. The summed E-state index contributed by atoms with van der Waals surface area (Å²) in [6.07, 6.45) is 0. The number of nitrogens with zero attached hydrogens (tertiary/aromatic N) is 1. The third-order valence-electron chi connectivity index (χ3n) is 3.63. The van der Waals surface area contributed by atoms with Crippen LogP contribution in [0.4, 0.5) is 10.1 Å². The van der Waals surface area contributed by atoms with Crippen LogP contribution >= 0.6 is 11.3 Å². The summed E-state index contributed by atoms with van der Waals surface area (Å²) in [5.41, 5.74) is 4.82. The molecule has 2 aromatic carbocycles. The van der Waals surface area contributed by atoms with Gasteiger partial charge in [-0.2, -0.15) is 0 Å². The van der Waals surface area contributed by atoms with Crippen LogP contribution in [0.2, 0.25) is 0 Å². The Balaban J connectivity index is 1.81. The summed E-state index contributed by atoms with van der Waals surface area (Å²) in [7, 11) is 0. The molecular weight excluding hydrogens is 363 g/mol. The number of hydrogen-bond donors (Lipinski definition) is 1. The molecule has 1 amide bonds. The lowest BCUT2D eigenvalue weighted by Gasteiger charge is -2.05. The molecule has 7 nitrogen and oxygen atoms in total. The number of carbonyl (C=O) groups is 2. The molecule has 0 atom stereocenters. The summed E-state index contributed by atoms with van der Waals surface area (Å²) < 4.78 is 19.4. The highest BCUT2D eigenvalue weighted by Gasteiger charge is 2.19. The number of halogens is 1. The molecule has 0 saturated heterocycles. The van der Waals surface area contributed by atoms with Gasteiger partial charge in [0.05, 0.1) is 10.5 Å². The monoisotopic (exact) mass is 374 g/mol. The number of nitro benzene ring substituents is 1.